The standard InChI is InChI=1S/C16H27N3.HI/c1-13(2)14(3)19-16(17-4)18-12-8-11-15-9-6-5-7-10-15;/h5-7,9-10,13-14H,8,11-12H2,1-4H3,(H2,17,18,19);1H. The molecule has 1 aromatic carbocycles. The van der Waals surface area contributed by atoms with Crippen LogP contribution in [-0.4, -0.2) is 25.6 Å². The van der Waals surface area contributed by atoms with Gasteiger partial charge in [0.05, 0.1) is 0 Å². The summed E-state index contributed by atoms with van der Waals surface area (Å²) in [6, 6.07) is 11.0. The second kappa shape index (κ2) is 10.9. The molecule has 0 aromatic heterocycles. The highest BCUT2D eigenvalue weighted by Gasteiger charge is 2.08. The largest absolute Gasteiger partial charge is 0.356 e. The van der Waals surface area contributed by atoms with E-state index < -0.39 is 0 Å². The fraction of sp³-hybridized carbons (Fsp3) is 0.562. The van der Waals surface area contributed by atoms with Gasteiger partial charge in [-0.3, -0.25) is 4.99 Å². The molecule has 0 aliphatic heterocycles. The van der Waals surface area contributed by atoms with Crippen molar-refractivity contribution in [2.24, 2.45) is 10.9 Å². The quantitative estimate of drug-likeness (QED) is 0.339. The lowest BCUT2D eigenvalue weighted by atomic mass is 10.1. The smallest absolute Gasteiger partial charge is 0.191 e. The van der Waals surface area contributed by atoms with Crippen LogP contribution in [0.2, 0.25) is 0 Å². The summed E-state index contributed by atoms with van der Waals surface area (Å²) in [5.74, 6) is 1.50. The van der Waals surface area contributed by atoms with Gasteiger partial charge in [-0.1, -0.05) is 44.2 Å². The van der Waals surface area contributed by atoms with E-state index in [1.807, 2.05) is 7.05 Å². The Morgan fingerprint density at radius 2 is 1.80 bits per heavy atom. The van der Waals surface area contributed by atoms with E-state index >= 15 is 0 Å². The average molecular weight is 389 g/mol. The molecule has 0 radical (unpaired) electrons. The summed E-state index contributed by atoms with van der Waals surface area (Å²) >= 11 is 0. The van der Waals surface area contributed by atoms with E-state index in [-0.39, 0.29) is 24.0 Å². The zero-order valence-electron chi connectivity index (χ0n) is 13.0. The maximum absolute atomic E-state index is 4.25. The van der Waals surface area contributed by atoms with Crippen LogP contribution in [0.5, 0.6) is 0 Å². The molecule has 0 aliphatic rings. The first-order valence-corrected chi connectivity index (χ1v) is 7.14. The first-order valence-electron chi connectivity index (χ1n) is 7.14. The van der Waals surface area contributed by atoms with Crippen LogP contribution in [0.25, 0.3) is 0 Å². The molecule has 114 valence electrons. The van der Waals surface area contributed by atoms with Crippen LogP contribution in [0.1, 0.15) is 32.8 Å². The second-order valence-electron chi connectivity index (χ2n) is 5.27. The van der Waals surface area contributed by atoms with Crippen LogP contribution in [-0.2, 0) is 6.42 Å². The maximum Gasteiger partial charge on any atom is 0.191 e. The van der Waals surface area contributed by atoms with Crippen molar-refractivity contribution in [1.29, 1.82) is 0 Å². The van der Waals surface area contributed by atoms with Gasteiger partial charge < -0.3 is 10.6 Å². The molecule has 0 saturated carbocycles. The van der Waals surface area contributed by atoms with E-state index in [1.54, 1.807) is 0 Å². The van der Waals surface area contributed by atoms with Crippen molar-refractivity contribution in [2.45, 2.75) is 39.7 Å². The number of rotatable bonds is 6. The molecule has 2 N–H and O–H groups in total. The maximum atomic E-state index is 4.25. The number of nitrogens with zero attached hydrogens (tertiary/aromatic N) is 1. The van der Waals surface area contributed by atoms with E-state index in [1.165, 1.54) is 5.56 Å². The Balaban J connectivity index is 0.00000361. The van der Waals surface area contributed by atoms with Gasteiger partial charge >= 0.3 is 0 Å². The molecule has 0 bridgehead atoms. The molecule has 1 atom stereocenters. The Bertz CT molecular complexity index is 377. The third kappa shape index (κ3) is 7.72. The lowest BCUT2D eigenvalue weighted by Gasteiger charge is -2.20. The van der Waals surface area contributed by atoms with E-state index in [0.717, 1.165) is 25.3 Å². The summed E-state index contributed by atoms with van der Waals surface area (Å²) in [4.78, 5) is 4.25. The summed E-state index contributed by atoms with van der Waals surface area (Å²) < 4.78 is 0. The second-order valence-corrected chi connectivity index (χ2v) is 5.27. The van der Waals surface area contributed by atoms with Crippen LogP contribution < -0.4 is 10.6 Å². The van der Waals surface area contributed by atoms with Crippen molar-refractivity contribution >= 4 is 29.9 Å². The zero-order chi connectivity index (χ0) is 14.1. The third-order valence-corrected chi connectivity index (χ3v) is 3.37. The van der Waals surface area contributed by atoms with Crippen molar-refractivity contribution < 1.29 is 0 Å². The van der Waals surface area contributed by atoms with E-state index in [2.05, 4.69) is 66.7 Å². The van der Waals surface area contributed by atoms with Gasteiger partial charge in [-0.05, 0) is 31.2 Å². The van der Waals surface area contributed by atoms with Crippen molar-refractivity contribution in [2.75, 3.05) is 13.6 Å². The molecule has 1 rings (SSSR count). The molecule has 0 heterocycles. The van der Waals surface area contributed by atoms with Gasteiger partial charge in [-0.2, -0.15) is 0 Å². The minimum atomic E-state index is 0. The summed E-state index contributed by atoms with van der Waals surface area (Å²) in [5, 5.41) is 6.77. The molecular weight excluding hydrogens is 361 g/mol. The molecule has 4 heteroatoms. The number of guanidine groups is 1. The predicted molar refractivity (Wildman–Crippen MR) is 99.0 cm³/mol. The summed E-state index contributed by atoms with van der Waals surface area (Å²) in [7, 11) is 1.82. The van der Waals surface area contributed by atoms with Crippen molar-refractivity contribution in [3.63, 3.8) is 0 Å². The summed E-state index contributed by atoms with van der Waals surface area (Å²) in [6.07, 6.45) is 2.21. The van der Waals surface area contributed by atoms with Gasteiger partial charge in [0.2, 0.25) is 0 Å². The Morgan fingerprint density at radius 3 is 2.35 bits per heavy atom. The van der Waals surface area contributed by atoms with Crippen LogP contribution in [0, 0.1) is 5.92 Å². The summed E-state index contributed by atoms with van der Waals surface area (Å²) in [6.45, 7) is 7.54. The zero-order valence-corrected chi connectivity index (χ0v) is 15.3. The first kappa shape index (κ1) is 19.2. The SMILES string of the molecule is CN=C(NCCCc1ccccc1)NC(C)C(C)C.I. The number of hydrogen-bond acceptors (Lipinski definition) is 1. The first-order chi connectivity index (χ1) is 9.13. The van der Waals surface area contributed by atoms with Crippen molar-refractivity contribution in [3.05, 3.63) is 35.9 Å². The van der Waals surface area contributed by atoms with E-state index in [0.29, 0.717) is 12.0 Å². The van der Waals surface area contributed by atoms with E-state index in [9.17, 15) is 0 Å². The molecule has 0 spiro atoms. The topological polar surface area (TPSA) is 36.4 Å². The van der Waals surface area contributed by atoms with Crippen LogP contribution >= 0.6 is 24.0 Å². The molecule has 0 saturated heterocycles. The molecule has 1 unspecified atom stereocenters. The number of benzene rings is 1. The normalized spacial score (nSPS) is 12.8. The fourth-order valence-electron chi connectivity index (χ4n) is 1.72. The van der Waals surface area contributed by atoms with Crippen LogP contribution in [0.4, 0.5) is 0 Å². The van der Waals surface area contributed by atoms with Gasteiger partial charge in [-0.25, -0.2) is 0 Å². The number of nitrogens with one attached hydrogen (secondary N) is 2. The van der Waals surface area contributed by atoms with Crippen molar-refractivity contribution in [3.8, 4) is 0 Å². The highest BCUT2D eigenvalue weighted by Crippen LogP contribution is 2.02. The summed E-state index contributed by atoms with van der Waals surface area (Å²) in [5.41, 5.74) is 1.39. The highest BCUT2D eigenvalue weighted by atomic mass is 127. The molecule has 20 heavy (non-hydrogen) atoms. The van der Waals surface area contributed by atoms with Crippen LogP contribution in [0.3, 0.4) is 0 Å². The molecule has 0 fully saturated rings. The van der Waals surface area contributed by atoms with E-state index in [4.69, 9.17) is 0 Å². The number of hydrogen-bond donors (Lipinski definition) is 2. The highest BCUT2D eigenvalue weighted by molar-refractivity contribution is 14.0. The lowest BCUT2D eigenvalue weighted by Crippen LogP contribution is -2.44. The minimum absolute atomic E-state index is 0. The van der Waals surface area contributed by atoms with Gasteiger partial charge in [0, 0.05) is 19.6 Å². The minimum Gasteiger partial charge on any atom is -0.356 e. The monoisotopic (exact) mass is 389 g/mol. The number of halogens is 1. The predicted octanol–water partition coefficient (Wildman–Crippen LogP) is 3.45. The van der Waals surface area contributed by atoms with Gasteiger partial charge in [-0.15, -0.1) is 24.0 Å². The van der Waals surface area contributed by atoms with Crippen molar-refractivity contribution in [1.82, 2.24) is 10.6 Å². The Labute approximate surface area is 140 Å². The van der Waals surface area contributed by atoms with Gasteiger partial charge in [0.25, 0.3) is 0 Å². The third-order valence-electron chi connectivity index (χ3n) is 3.37. The number of aliphatic imine (C=N–C) groups is 1. The molecule has 3 nitrogen and oxygen atoms in total. The molecule has 0 amide bonds. The Kier molecular flexibility index (Phi) is 10.5. The Morgan fingerprint density at radius 1 is 1.15 bits per heavy atom. The lowest BCUT2D eigenvalue weighted by molar-refractivity contribution is 0.480. The van der Waals surface area contributed by atoms with Gasteiger partial charge in [0.1, 0.15) is 0 Å². The Hall–Kier alpha value is -0.780. The molecular formula is C16H28IN3. The fourth-order valence-corrected chi connectivity index (χ4v) is 1.72. The number of aryl methyl sites for hydroxylation is 1. The molecule has 0 aliphatic carbocycles. The van der Waals surface area contributed by atoms with Crippen LogP contribution in [0.15, 0.2) is 35.3 Å². The average Bonchev–Trinajstić information content (AvgIpc) is 2.43. The van der Waals surface area contributed by atoms with Gasteiger partial charge in [0.15, 0.2) is 5.96 Å². The molecule has 1 aromatic rings.